The summed E-state index contributed by atoms with van der Waals surface area (Å²) in [6.07, 6.45) is 1.68. The first-order valence-corrected chi connectivity index (χ1v) is 9.22. The standard InChI is InChI=1S/C21H28N2O2/c1-15(19-9-5-7-18-6-3-4-8-20(18)19)22-21(25)14-23-12-10-17(11-13-23)16(2)24/h3-9,15-17,24H,10-14H2,1-2H3,(H,22,25). The predicted octanol–water partition coefficient (Wildman–Crippen LogP) is 3.11. The van der Waals surface area contributed by atoms with Crippen LogP contribution in [0.3, 0.4) is 0 Å². The lowest BCUT2D eigenvalue weighted by Crippen LogP contribution is -2.43. The highest BCUT2D eigenvalue weighted by Gasteiger charge is 2.24. The number of piperidine rings is 1. The van der Waals surface area contributed by atoms with Crippen LogP contribution in [-0.4, -0.2) is 41.7 Å². The molecule has 1 heterocycles. The summed E-state index contributed by atoms with van der Waals surface area (Å²) >= 11 is 0. The highest BCUT2D eigenvalue weighted by atomic mass is 16.3. The number of hydrogen-bond donors (Lipinski definition) is 2. The van der Waals surface area contributed by atoms with E-state index in [9.17, 15) is 9.90 Å². The lowest BCUT2D eigenvalue weighted by Gasteiger charge is -2.33. The summed E-state index contributed by atoms with van der Waals surface area (Å²) in [5.74, 6) is 0.435. The van der Waals surface area contributed by atoms with Gasteiger partial charge in [0, 0.05) is 0 Å². The maximum atomic E-state index is 12.4. The van der Waals surface area contributed by atoms with Gasteiger partial charge in [-0.3, -0.25) is 9.69 Å². The Balaban J connectivity index is 1.58. The zero-order valence-electron chi connectivity index (χ0n) is 15.1. The largest absolute Gasteiger partial charge is 0.393 e. The molecule has 1 saturated heterocycles. The summed E-state index contributed by atoms with van der Waals surface area (Å²) in [6, 6.07) is 14.5. The maximum Gasteiger partial charge on any atom is 0.234 e. The molecule has 2 aromatic carbocycles. The van der Waals surface area contributed by atoms with Crippen LogP contribution in [0.1, 0.15) is 38.3 Å². The van der Waals surface area contributed by atoms with Crippen molar-refractivity contribution in [2.75, 3.05) is 19.6 Å². The predicted molar refractivity (Wildman–Crippen MR) is 101 cm³/mol. The van der Waals surface area contributed by atoms with Gasteiger partial charge in [0.05, 0.1) is 18.7 Å². The topological polar surface area (TPSA) is 52.6 Å². The van der Waals surface area contributed by atoms with Gasteiger partial charge in [0.2, 0.25) is 5.91 Å². The zero-order chi connectivity index (χ0) is 17.8. The van der Waals surface area contributed by atoms with Gasteiger partial charge >= 0.3 is 0 Å². The smallest absolute Gasteiger partial charge is 0.234 e. The molecule has 25 heavy (non-hydrogen) atoms. The third kappa shape index (κ3) is 4.39. The van der Waals surface area contributed by atoms with Gasteiger partial charge in [-0.1, -0.05) is 42.5 Å². The van der Waals surface area contributed by atoms with E-state index in [2.05, 4.69) is 34.5 Å². The van der Waals surface area contributed by atoms with Gasteiger partial charge in [-0.2, -0.15) is 0 Å². The first-order chi connectivity index (χ1) is 12.0. The molecule has 1 aliphatic heterocycles. The van der Waals surface area contributed by atoms with Crippen LogP contribution >= 0.6 is 0 Å². The molecule has 1 amide bonds. The molecule has 1 aliphatic rings. The summed E-state index contributed by atoms with van der Waals surface area (Å²) in [6.45, 7) is 6.09. The number of amides is 1. The quantitative estimate of drug-likeness (QED) is 0.879. The van der Waals surface area contributed by atoms with E-state index in [1.165, 1.54) is 10.8 Å². The second kappa shape index (κ2) is 7.98. The van der Waals surface area contributed by atoms with Crippen molar-refractivity contribution in [3.8, 4) is 0 Å². The fourth-order valence-electron chi connectivity index (χ4n) is 3.79. The van der Waals surface area contributed by atoms with Crippen LogP contribution in [0.2, 0.25) is 0 Å². The maximum absolute atomic E-state index is 12.4. The van der Waals surface area contributed by atoms with E-state index >= 15 is 0 Å². The monoisotopic (exact) mass is 340 g/mol. The van der Waals surface area contributed by atoms with Crippen molar-refractivity contribution in [2.45, 2.75) is 38.8 Å². The highest BCUT2D eigenvalue weighted by molar-refractivity contribution is 5.87. The third-order valence-corrected chi connectivity index (χ3v) is 5.35. The molecule has 134 valence electrons. The zero-order valence-corrected chi connectivity index (χ0v) is 15.1. The van der Waals surface area contributed by atoms with Crippen LogP contribution in [0, 0.1) is 5.92 Å². The Hall–Kier alpha value is -1.91. The van der Waals surface area contributed by atoms with Crippen molar-refractivity contribution in [3.05, 3.63) is 48.0 Å². The van der Waals surface area contributed by atoms with Crippen LogP contribution in [0.25, 0.3) is 10.8 Å². The molecule has 4 heteroatoms. The highest BCUT2D eigenvalue weighted by Crippen LogP contribution is 2.24. The van der Waals surface area contributed by atoms with Crippen LogP contribution < -0.4 is 5.32 Å². The van der Waals surface area contributed by atoms with Crippen LogP contribution in [0.15, 0.2) is 42.5 Å². The molecular formula is C21H28N2O2. The molecular weight excluding hydrogens is 312 g/mol. The molecule has 3 rings (SSSR count). The minimum Gasteiger partial charge on any atom is -0.393 e. The molecule has 2 aromatic rings. The Bertz CT molecular complexity index is 715. The number of carbonyl (C=O) groups is 1. The molecule has 2 unspecified atom stereocenters. The summed E-state index contributed by atoms with van der Waals surface area (Å²) in [7, 11) is 0. The van der Waals surface area contributed by atoms with E-state index in [1.54, 1.807) is 0 Å². The van der Waals surface area contributed by atoms with Gasteiger partial charge in [-0.15, -0.1) is 0 Å². The van der Waals surface area contributed by atoms with E-state index in [0.717, 1.165) is 31.5 Å². The number of benzene rings is 2. The lowest BCUT2D eigenvalue weighted by atomic mass is 9.92. The normalized spacial score (nSPS) is 18.8. The SMILES string of the molecule is CC(NC(=O)CN1CCC(C(C)O)CC1)c1cccc2ccccc12. The minimum atomic E-state index is -0.248. The minimum absolute atomic E-state index is 0.0198. The number of fused-ring (bicyclic) bond motifs is 1. The number of hydrogen-bond acceptors (Lipinski definition) is 3. The van der Waals surface area contributed by atoms with E-state index in [1.807, 2.05) is 32.0 Å². The molecule has 0 radical (unpaired) electrons. The first kappa shape index (κ1) is 17.9. The summed E-state index contributed by atoms with van der Waals surface area (Å²) < 4.78 is 0. The van der Waals surface area contributed by atoms with Gasteiger partial charge in [0.1, 0.15) is 0 Å². The van der Waals surface area contributed by atoms with E-state index in [4.69, 9.17) is 0 Å². The molecule has 2 atom stereocenters. The van der Waals surface area contributed by atoms with E-state index in [-0.39, 0.29) is 18.1 Å². The number of nitrogens with one attached hydrogen (secondary N) is 1. The Labute approximate surface area is 149 Å². The number of carbonyl (C=O) groups excluding carboxylic acids is 1. The first-order valence-electron chi connectivity index (χ1n) is 9.22. The van der Waals surface area contributed by atoms with Crippen LogP contribution in [0.4, 0.5) is 0 Å². The average Bonchev–Trinajstić information content (AvgIpc) is 2.61. The fraction of sp³-hybridized carbons (Fsp3) is 0.476. The molecule has 2 N–H and O–H groups in total. The van der Waals surface area contributed by atoms with Crippen molar-refractivity contribution >= 4 is 16.7 Å². The van der Waals surface area contributed by atoms with E-state index in [0.29, 0.717) is 12.5 Å². The molecule has 0 aromatic heterocycles. The van der Waals surface area contributed by atoms with Gasteiger partial charge in [0.15, 0.2) is 0 Å². The van der Waals surface area contributed by atoms with Crippen molar-refractivity contribution < 1.29 is 9.90 Å². The number of rotatable bonds is 5. The second-order valence-corrected chi connectivity index (χ2v) is 7.21. The summed E-state index contributed by atoms with van der Waals surface area (Å²) in [5.41, 5.74) is 1.15. The van der Waals surface area contributed by atoms with Crippen LogP contribution in [0.5, 0.6) is 0 Å². The van der Waals surface area contributed by atoms with Gasteiger partial charge in [-0.05, 0) is 62.0 Å². The Kier molecular flexibility index (Phi) is 5.71. The van der Waals surface area contributed by atoms with Crippen molar-refractivity contribution in [2.24, 2.45) is 5.92 Å². The average molecular weight is 340 g/mol. The molecule has 0 spiro atoms. The van der Waals surface area contributed by atoms with Gasteiger partial charge in [-0.25, -0.2) is 0 Å². The number of aliphatic hydroxyl groups is 1. The lowest BCUT2D eigenvalue weighted by molar-refractivity contribution is -0.123. The summed E-state index contributed by atoms with van der Waals surface area (Å²) in [4.78, 5) is 14.6. The Morgan fingerprint density at radius 1 is 1.16 bits per heavy atom. The van der Waals surface area contributed by atoms with Gasteiger partial charge in [0.25, 0.3) is 0 Å². The molecule has 0 bridgehead atoms. The molecule has 1 fully saturated rings. The molecule has 0 aliphatic carbocycles. The van der Waals surface area contributed by atoms with Gasteiger partial charge < -0.3 is 10.4 Å². The van der Waals surface area contributed by atoms with Crippen molar-refractivity contribution in [1.82, 2.24) is 10.2 Å². The van der Waals surface area contributed by atoms with Crippen molar-refractivity contribution in [1.29, 1.82) is 0 Å². The second-order valence-electron chi connectivity index (χ2n) is 7.21. The Morgan fingerprint density at radius 3 is 2.56 bits per heavy atom. The third-order valence-electron chi connectivity index (χ3n) is 5.35. The van der Waals surface area contributed by atoms with Crippen molar-refractivity contribution in [3.63, 3.8) is 0 Å². The summed E-state index contributed by atoms with van der Waals surface area (Å²) in [5, 5.41) is 15.2. The molecule has 4 nitrogen and oxygen atoms in total. The fourth-order valence-corrected chi connectivity index (χ4v) is 3.79. The Morgan fingerprint density at radius 2 is 1.84 bits per heavy atom. The number of likely N-dealkylation sites (tertiary alicyclic amines) is 1. The molecule has 0 saturated carbocycles. The number of aliphatic hydroxyl groups excluding tert-OH is 1. The number of nitrogens with zero attached hydrogens (tertiary/aromatic N) is 1. The van der Waals surface area contributed by atoms with E-state index < -0.39 is 0 Å². The van der Waals surface area contributed by atoms with Crippen LogP contribution in [-0.2, 0) is 4.79 Å².